The molecule has 2 nitrogen and oxygen atoms in total. The summed E-state index contributed by atoms with van der Waals surface area (Å²) in [6.45, 7) is 5.42. The van der Waals surface area contributed by atoms with Gasteiger partial charge in [-0.15, -0.1) is 0 Å². The van der Waals surface area contributed by atoms with E-state index >= 15 is 0 Å². The average molecular weight is 152 g/mol. The number of allylic oxidation sites excluding steroid dienone is 1. The van der Waals surface area contributed by atoms with Crippen molar-refractivity contribution >= 4 is 5.97 Å². The molecule has 1 aliphatic heterocycles. The van der Waals surface area contributed by atoms with Crippen molar-refractivity contribution in [3.63, 3.8) is 0 Å². The molecule has 0 amide bonds. The Balaban J connectivity index is 2.61. The van der Waals surface area contributed by atoms with Crippen molar-refractivity contribution in [3.05, 3.63) is 24.3 Å². The molecule has 1 unspecified atom stereocenters. The first-order valence-corrected chi connectivity index (χ1v) is 3.76. The number of ether oxygens (including phenoxy) is 1. The number of esters is 1. The second kappa shape index (κ2) is 3.37. The van der Waals surface area contributed by atoms with Gasteiger partial charge in [0.2, 0.25) is 0 Å². The normalized spacial score (nSPS) is 28.3. The molecule has 60 valence electrons. The van der Waals surface area contributed by atoms with Crippen molar-refractivity contribution in [2.24, 2.45) is 0 Å². The summed E-state index contributed by atoms with van der Waals surface area (Å²) >= 11 is 0. The Morgan fingerprint density at radius 3 is 2.91 bits per heavy atom. The van der Waals surface area contributed by atoms with Crippen LogP contribution in [0.15, 0.2) is 24.3 Å². The second-order valence-corrected chi connectivity index (χ2v) is 2.53. The highest BCUT2D eigenvalue weighted by Gasteiger charge is 2.21. The molecule has 2 heteroatoms. The molecule has 1 aliphatic rings. The molecule has 0 radical (unpaired) electrons. The molecule has 0 spiro atoms. The molecule has 0 saturated carbocycles. The van der Waals surface area contributed by atoms with Gasteiger partial charge in [0.05, 0.1) is 0 Å². The Kier molecular flexibility index (Phi) is 2.47. The lowest BCUT2D eigenvalue weighted by atomic mass is 10.0. The maximum atomic E-state index is 11.1. The van der Waals surface area contributed by atoms with E-state index in [9.17, 15) is 4.79 Å². The molecule has 0 aromatic carbocycles. The van der Waals surface area contributed by atoms with Crippen LogP contribution in [0.2, 0.25) is 0 Å². The van der Waals surface area contributed by atoms with Crippen molar-refractivity contribution in [3.8, 4) is 0 Å². The Labute approximate surface area is 66.5 Å². The smallest absolute Gasteiger partial charge is 0.334 e. The van der Waals surface area contributed by atoms with Crippen molar-refractivity contribution in [1.29, 1.82) is 0 Å². The molecule has 1 saturated heterocycles. The average Bonchev–Trinajstić information content (AvgIpc) is 2.04. The molecule has 0 aromatic rings. The zero-order valence-corrected chi connectivity index (χ0v) is 6.67. The SMILES string of the molecule is C=CC1CC/C(=C\C)C(=O)O1. The molecule has 1 rings (SSSR count). The molecular formula is C9H12O2. The van der Waals surface area contributed by atoms with Gasteiger partial charge in [0, 0.05) is 5.57 Å². The maximum absolute atomic E-state index is 11.1. The van der Waals surface area contributed by atoms with E-state index in [2.05, 4.69) is 6.58 Å². The zero-order valence-electron chi connectivity index (χ0n) is 6.67. The largest absolute Gasteiger partial charge is 0.455 e. The molecule has 0 bridgehead atoms. The lowest BCUT2D eigenvalue weighted by Gasteiger charge is -2.20. The number of carbonyl (C=O) groups excluding carboxylic acids is 1. The quantitative estimate of drug-likeness (QED) is 0.325. The van der Waals surface area contributed by atoms with Crippen LogP contribution >= 0.6 is 0 Å². The molecule has 1 heterocycles. The van der Waals surface area contributed by atoms with Crippen LogP contribution in [0.25, 0.3) is 0 Å². The second-order valence-electron chi connectivity index (χ2n) is 2.53. The summed E-state index contributed by atoms with van der Waals surface area (Å²) in [5, 5.41) is 0. The third kappa shape index (κ3) is 1.70. The summed E-state index contributed by atoms with van der Waals surface area (Å²) in [6.07, 6.45) is 5.08. The minimum Gasteiger partial charge on any atom is -0.455 e. The number of rotatable bonds is 1. The van der Waals surface area contributed by atoms with E-state index < -0.39 is 0 Å². The first kappa shape index (κ1) is 8.05. The Morgan fingerprint density at radius 2 is 2.45 bits per heavy atom. The van der Waals surface area contributed by atoms with Crippen LogP contribution in [0.4, 0.5) is 0 Å². The van der Waals surface area contributed by atoms with Crippen molar-refractivity contribution < 1.29 is 9.53 Å². The van der Waals surface area contributed by atoms with Gasteiger partial charge >= 0.3 is 5.97 Å². The van der Waals surface area contributed by atoms with Crippen molar-refractivity contribution in [2.75, 3.05) is 0 Å². The van der Waals surface area contributed by atoms with Gasteiger partial charge < -0.3 is 4.74 Å². The molecular weight excluding hydrogens is 140 g/mol. The van der Waals surface area contributed by atoms with E-state index in [0.29, 0.717) is 0 Å². The van der Waals surface area contributed by atoms with Gasteiger partial charge in [-0.25, -0.2) is 4.79 Å². The summed E-state index contributed by atoms with van der Waals surface area (Å²) in [5.41, 5.74) is 0.781. The van der Waals surface area contributed by atoms with Gasteiger partial charge in [0.15, 0.2) is 0 Å². The van der Waals surface area contributed by atoms with Crippen LogP contribution in [0.5, 0.6) is 0 Å². The van der Waals surface area contributed by atoms with Crippen LogP contribution in [-0.2, 0) is 9.53 Å². The van der Waals surface area contributed by atoms with Crippen LogP contribution in [-0.4, -0.2) is 12.1 Å². The van der Waals surface area contributed by atoms with Crippen LogP contribution < -0.4 is 0 Å². The van der Waals surface area contributed by atoms with Crippen molar-refractivity contribution in [2.45, 2.75) is 25.9 Å². The highest BCUT2D eigenvalue weighted by Crippen LogP contribution is 2.19. The highest BCUT2D eigenvalue weighted by atomic mass is 16.5. The zero-order chi connectivity index (χ0) is 8.27. The monoisotopic (exact) mass is 152 g/mol. The molecule has 1 atom stereocenters. The van der Waals surface area contributed by atoms with E-state index in [-0.39, 0.29) is 12.1 Å². The van der Waals surface area contributed by atoms with E-state index in [1.54, 1.807) is 6.08 Å². The summed E-state index contributed by atoms with van der Waals surface area (Å²) < 4.78 is 5.01. The first-order valence-electron chi connectivity index (χ1n) is 3.76. The van der Waals surface area contributed by atoms with E-state index in [1.807, 2.05) is 13.0 Å². The van der Waals surface area contributed by atoms with Crippen LogP contribution in [0.3, 0.4) is 0 Å². The number of hydrogen-bond acceptors (Lipinski definition) is 2. The highest BCUT2D eigenvalue weighted by molar-refractivity contribution is 5.89. The maximum Gasteiger partial charge on any atom is 0.334 e. The van der Waals surface area contributed by atoms with Crippen molar-refractivity contribution in [1.82, 2.24) is 0 Å². The molecule has 11 heavy (non-hydrogen) atoms. The molecule has 0 aromatic heterocycles. The third-order valence-electron chi connectivity index (χ3n) is 1.83. The Bertz CT molecular complexity index is 204. The minimum atomic E-state index is -0.191. The number of cyclic esters (lactones) is 1. The summed E-state index contributed by atoms with van der Waals surface area (Å²) in [4.78, 5) is 11.1. The number of carbonyl (C=O) groups is 1. The lowest BCUT2D eigenvalue weighted by molar-refractivity contribution is -0.145. The van der Waals surface area contributed by atoms with E-state index in [1.165, 1.54) is 0 Å². The summed E-state index contributed by atoms with van der Waals surface area (Å²) in [6, 6.07) is 0. The predicted octanol–water partition coefficient (Wildman–Crippen LogP) is 1.82. The van der Waals surface area contributed by atoms with Crippen LogP contribution in [0.1, 0.15) is 19.8 Å². The number of hydrogen-bond donors (Lipinski definition) is 0. The summed E-state index contributed by atoms with van der Waals surface area (Å²) in [7, 11) is 0. The predicted molar refractivity (Wildman–Crippen MR) is 43.1 cm³/mol. The van der Waals surface area contributed by atoms with E-state index in [4.69, 9.17) is 4.74 Å². The first-order chi connectivity index (χ1) is 5.27. The lowest BCUT2D eigenvalue weighted by Crippen LogP contribution is -2.23. The standard InChI is InChI=1S/C9H12O2/c1-3-7-5-6-8(4-2)11-9(7)10/h3-4,8H,2,5-6H2,1H3/b7-3+. The Morgan fingerprint density at radius 1 is 1.73 bits per heavy atom. The fraction of sp³-hybridized carbons (Fsp3) is 0.444. The third-order valence-corrected chi connectivity index (χ3v) is 1.83. The Hall–Kier alpha value is -1.05. The van der Waals surface area contributed by atoms with E-state index in [0.717, 1.165) is 18.4 Å². The summed E-state index contributed by atoms with van der Waals surface area (Å²) in [5.74, 6) is -0.191. The topological polar surface area (TPSA) is 26.3 Å². The molecule has 1 fully saturated rings. The minimum absolute atomic E-state index is 0.0776. The van der Waals surface area contributed by atoms with Gasteiger partial charge in [-0.3, -0.25) is 0 Å². The molecule has 0 N–H and O–H groups in total. The van der Waals surface area contributed by atoms with Gasteiger partial charge in [0.25, 0.3) is 0 Å². The fourth-order valence-corrected chi connectivity index (χ4v) is 1.10. The van der Waals surface area contributed by atoms with Gasteiger partial charge in [-0.05, 0) is 19.8 Å². The fourth-order valence-electron chi connectivity index (χ4n) is 1.10. The van der Waals surface area contributed by atoms with Gasteiger partial charge in [0.1, 0.15) is 6.10 Å². The van der Waals surface area contributed by atoms with Gasteiger partial charge in [-0.1, -0.05) is 18.7 Å². The van der Waals surface area contributed by atoms with Crippen LogP contribution in [0, 0.1) is 0 Å². The van der Waals surface area contributed by atoms with Gasteiger partial charge in [-0.2, -0.15) is 0 Å². The molecule has 0 aliphatic carbocycles.